The zero-order valence-corrected chi connectivity index (χ0v) is 10.2. The second kappa shape index (κ2) is 3.59. The van der Waals surface area contributed by atoms with Gasteiger partial charge in [-0.15, -0.1) is 0 Å². The molecule has 0 aromatic heterocycles. The predicted octanol–water partition coefficient (Wildman–Crippen LogP) is 3.06. The fourth-order valence-corrected chi connectivity index (χ4v) is 3.52. The molecule has 2 aliphatic carbocycles. The molecule has 17 heavy (non-hydrogen) atoms. The highest BCUT2D eigenvalue weighted by molar-refractivity contribution is 5.68. The van der Waals surface area contributed by atoms with E-state index in [9.17, 15) is 4.79 Å². The van der Waals surface area contributed by atoms with E-state index in [0.717, 1.165) is 12.8 Å². The van der Waals surface area contributed by atoms with Crippen LogP contribution in [0.2, 0.25) is 0 Å². The molecule has 1 atom stereocenters. The maximum absolute atomic E-state index is 11.0. The third-order valence-corrected chi connectivity index (χ3v) is 4.56. The number of hydrogen-bond acceptors (Lipinski definition) is 1. The Morgan fingerprint density at radius 1 is 1.47 bits per heavy atom. The Hall–Kier alpha value is -1.31. The minimum Gasteiger partial charge on any atom is -0.481 e. The highest BCUT2D eigenvalue weighted by atomic mass is 16.4. The van der Waals surface area contributed by atoms with Crippen molar-refractivity contribution in [2.24, 2.45) is 5.92 Å². The molecule has 1 spiro atoms. The zero-order chi connectivity index (χ0) is 12.0. The van der Waals surface area contributed by atoms with Gasteiger partial charge in [0, 0.05) is 6.42 Å². The lowest BCUT2D eigenvalue weighted by atomic mass is 9.70. The van der Waals surface area contributed by atoms with E-state index in [-0.39, 0.29) is 5.41 Å². The van der Waals surface area contributed by atoms with E-state index in [0.29, 0.717) is 12.3 Å². The quantitative estimate of drug-likeness (QED) is 0.847. The average Bonchev–Trinajstić information content (AvgIpc) is 3.04. The van der Waals surface area contributed by atoms with E-state index in [1.54, 1.807) is 0 Å². The molecule has 1 aromatic carbocycles. The Morgan fingerprint density at radius 3 is 2.88 bits per heavy atom. The maximum atomic E-state index is 11.0. The van der Waals surface area contributed by atoms with Gasteiger partial charge in [-0.2, -0.15) is 0 Å². The number of aryl methyl sites for hydroxylation is 2. The molecule has 1 N–H and O–H groups in total. The summed E-state index contributed by atoms with van der Waals surface area (Å²) in [5.74, 6) is -0.285. The van der Waals surface area contributed by atoms with Gasteiger partial charge in [-0.1, -0.05) is 23.8 Å². The molecule has 0 saturated heterocycles. The lowest BCUT2D eigenvalue weighted by molar-refractivity contribution is -0.138. The third kappa shape index (κ3) is 1.67. The van der Waals surface area contributed by atoms with E-state index < -0.39 is 5.97 Å². The molecule has 1 unspecified atom stereocenters. The molecule has 0 amide bonds. The molecule has 0 aliphatic heterocycles. The fourth-order valence-electron chi connectivity index (χ4n) is 3.52. The van der Waals surface area contributed by atoms with Gasteiger partial charge >= 0.3 is 5.97 Å². The molecule has 2 nitrogen and oxygen atoms in total. The monoisotopic (exact) mass is 230 g/mol. The fraction of sp³-hybridized carbons (Fsp3) is 0.533. The van der Waals surface area contributed by atoms with Crippen molar-refractivity contribution >= 4 is 5.97 Å². The van der Waals surface area contributed by atoms with Crippen LogP contribution in [0.25, 0.3) is 0 Å². The van der Waals surface area contributed by atoms with Gasteiger partial charge < -0.3 is 5.11 Å². The molecular formula is C15H18O2. The van der Waals surface area contributed by atoms with Crippen LogP contribution >= 0.6 is 0 Å². The number of aliphatic carboxylic acids is 1. The van der Waals surface area contributed by atoms with Crippen molar-refractivity contribution in [3.63, 3.8) is 0 Å². The molecule has 1 fully saturated rings. The molecule has 2 heteroatoms. The molecule has 0 bridgehead atoms. The summed E-state index contributed by atoms with van der Waals surface area (Å²) in [5, 5.41) is 9.03. The van der Waals surface area contributed by atoms with Gasteiger partial charge in [-0.05, 0) is 55.1 Å². The van der Waals surface area contributed by atoms with Crippen molar-refractivity contribution < 1.29 is 9.90 Å². The molecule has 0 radical (unpaired) electrons. The van der Waals surface area contributed by atoms with Crippen LogP contribution in [-0.2, 0) is 16.6 Å². The normalized spacial score (nSPS) is 24.4. The molecule has 3 rings (SSSR count). The van der Waals surface area contributed by atoms with Crippen LogP contribution in [-0.4, -0.2) is 11.1 Å². The summed E-state index contributed by atoms with van der Waals surface area (Å²) in [6, 6.07) is 6.70. The SMILES string of the molecule is Cc1ccc2c(c1)C1(CC1)C(CC(=O)O)CC2. The van der Waals surface area contributed by atoms with Crippen molar-refractivity contribution in [3.05, 3.63) is 34.9 Å². The second-order valence-electron chi connectivity index (χ2n) is 5.65. The topological polar surface area (TPSA) is 37.3 Å². The Kier molecular flexibility index (Phi) is 2.29. The lowest BCUT2D eigenvalue weighted by Crippen LogP contribution is -2.29. The number of fused-ring (bicyclic) bond motifs is 2. The Bertz CT molecular complexity index is 472. The first-order valence-electron chi connectivity index (χ1n) is 6.44. The van der Waals surface area contributed by atoms with E-state index in [2.05, 4.69) is 25.1 Å². The first-order valence-corrected chi connectivity index (χ1v) is 6.44. The highest BCUT2D eigenvalue weighted by Gasteiger charge is 2.53. The number of hydrogen-bond donors (Lipinski definition) is 1. The highest BCUT2D eigenvalue weighted by Crippen LogP contribution is 2.59. The van der Waals surface area contributed by atoms with Crippen LogP contribution in [0.15, 0.2) is 18.2 Å². The summed E-state index contributed by atoms with van der Waals surface area (Å²) in [7, 11) is 0. The summed E-state index contributed by atoms with van der Waals surface area (Å²) in [6.45, 7) is 2.12. The molecule has 0 heterocycles. The third-order valence-electron chi connectivity index (χ3n) is 4.56. The molecule has 1 saturated carbocycles. The number of carboxylic acids is 1. The van der Waals surface area contributed by atoms with Crippen molar-refractivity contribution in [1.82, 2.24) is 0 Å². The van der Waals surface area contributed by atoms with Crippen molar-refractivity contribution in [2.75, 3.05) is 0 Å². The molecule has 1 aromatic rings. The van der Waals surface area contributed by atoms with Crippen LogP contribution in [0.1, 0.15) is 42.4 Å². The van der Waals surface area contributed by atoms with Crippen LogP contribution in [0.5, 0.6) is 0 Å². The predicted molar refractivity (Wildman–Crippen MR) is 66.2 cm³/mol. The van der Waals surface area contributed by atoms with Gasteiger partial charge in [0.25, 0.3) is 0 Å². The van der Waals surface area contributed by atoms with Crippen molar-refractivity contribution in [2.45, 2.75) is 44.4 Å². The number of benzene rings is 1. The smallest absolute Gasteiger partial charge is 0.303 e. The maximum Gasteiger partial charge on any atom is 0.303 e. The first-order chi connectivity index (χ1) is 8.12. The standard InChI is InChI=1S/C15H18O2/c1-10-2-3-11-4-5-12(9-14(16)17)15(6-7-15)13(11)8-10/h2-3,8,12H,4-7,9H2,1H3,(H,16,17). The first kappa shape index (κ1) is 10.8. The van der Waals surface area contributed by atoms with Gasteiger partial charge in [0.15, 0.2) is 0 Å². The Labute approximate surface area is 102 Å². The van der Waals surface area contributed by atoms with Gasteiger partial charge in [0.2, 0.25) is 0 Å². The largest absolute Gasteiger partial charge is 0.481 e. The summed E-state index contributed by atoms with van der Waals surface area (Å²) >= 11 is 0. The van der Waals surface area contributed by atoms with E-state index in [1.165, 1.54) is 29.5 Å². The van der Waals surface area contributed by atoms with E-state index in [4.69, 9.17) is 5.11 Å². The van der Waals surface area contributed by atoms with Crippen molar-refractivity contribution in [1.29, 1.82) is 0 Å². The summed E-state index contributed by atoms with van der Waals surface area (Å²) in [4.78, 5) is 11.0. The van der Waals surface area contributed by atoms with Crippen LogP contribution in [0.4, 0.5) is 0 Å². The van der Waals surface area contributed by atoms with Gasteiger partial charge in [0.1, 0.15) is 0 Å². The van der Waals surface area contributed by atoms with Crippen LogP contribution in [0, 0.1) is 12.8 Å². The average molecular weight is 230 g/mol. The zero-order valence-electron chi connectivity index (χ0n) is 10.2. The lowest BCUT2D eigenvalue weighted by Gasteiger charge is -2.33. The van der Waals surface area contributed by atoms with Gasteiger partial charge in [-0.3, -0.25) is 4.79 Å². The molecular weight excluding hydrogens is 212 g/mol. The Balaban J connectivity index is 1.99. The number of carboxylic acid groups (broad SMARTS) is 1. The van der Waals surface area contributed by atoms with Crippen molar-refractivity contribution in [3.8, 4) is 0 Å². The Morgan fingerprint density at radius 2 is 2.24 bits per heavy atom. The second-order valence-corrected chi connectivity index (χ2v) is 5.65. The van der Waals surface area contributed by atoms with Crippen LogP contribution in [0.3, 0.4) is 0 Å². The summed E-state index contributed by atoms with van der Waals surface area (Å²) in [6.07, 6.45) is 4.80. The molecule has 2 aliphatic rings. The summed E-state index contributed by atoms with van der Waals surface area (Å²) < 4.78 is 0. The van der Waals surface area contributed by atoms with Crippen LogP contribution < -0.4 is 0 Å². The van der Waals surface area contributed by atoms with E-state index in [1.807, 2.05) is 0 Å². The number of carbonyl (C=O) groups is 1. The van der Waals surface area contributed by atoms with Gasteiger partial charge in [-0.25, -0.2) is 0 Å². The van der Waals surface area contributed by atoms with E-state index >= 15 is 0 Å². The minimum absolute atomic E-state index is 0.220. The minimum atomic E-state index is -0.641. The molecule has 90 valence electrons. The number of rotatable bonds is 2. The van der Waals surface area contributed by atoms with Gasteiger partial charge in [0.05, 0.1) is 0 Å². The summed E-state index contributed by atoms with van der Waals surface area (Å²) in [5.41, 5.74) is 4.42.